The van der Waals surface area contributed by atoms with E-state index < -0.39 is 0 Å². The second-order valence-electron chi connectivity index (χ2n) is 6.03. The first-order valence-electron chi connectivity index (χ1n) is 8.06. The Hall–Kier alpha value is -2.80. The Kier molecular flexibility index (Phi) is 3.47. The van der Waals surface area contributed by atoms with Gasteiger partial charge >= 0.3 is 0 Å². The fourth-order valence-electron chi connectivity index (χ4n) is 3.31. The highest BCUT2D eigenvalue weighted by atomic mass is 14.5. The number of anilines is 1. The molecule has 2 N–H and O–H groups in total. The summed E-state index contributed by atoms with van der Waals surface area (Å²) < 4.78 is 0. The number of allylic oxidation sites excluding steroid dienone is 4. The largest absolute Gasteiger partial charge is 0.399 e. The average molecular weight is 297 g/mol. The molecule has 0 heterocycles. The summed E-state index contributed by atoms with van der Waals surface area (Å²) in [7, 11) is 0. The maximum absolute atomic E-state index is 6.20. The zero-order chi connectivity index (χ0) is 15.6. The molecule has 0 saturated carbocycles. The molecule has 0 atom stereocenters. The Morgan fingerprint density at radius 2 is 1.65 bits per heavy atom. The van der Waals surface area contributed by atoms with Gasteiger partial charge < -0.3 is 5.73 Å². The number of benzene rings is 3. The third-order valence-electron chi connectivity index (χ3n) is 4.44. The van der Waals surface area contributed by atoms with Gasteiger partial charge in [-0.25, -0.2) is 0 Å². The van der Waals surface area contributed by atoms with Crippen molar-refractivity contribution in [1.29, 1.82) is 0 Å². The van der Waals surface area contributed by atoms with E-state index in [4.69, 9.17) is 5.73 Å². The molecule has 1 aliphatic carbocycles. The molecule has 1 aliphatic rings. The van der Waals surface area contributed by atoms with Crippen molar-refractivity contribution in [2.45, 2.75) is 12.8 Å². The standard InChI is InChI=1S/C22H19N/c23-20-14-18(16-7-2-1-3-8-16)13-19(15-20)22-12-6-10-17-9-4-5-11-21(17)22/h1-2,4-7,9-15H,3,8,23H2. The maximum atomic E-state index is 6.20. The Morgan fingerprint density at radius 3 is 2.52 bits per heavy atom. The molecule has 0 aromatic heterocycles. The van der Waals surface area contributed by atoms with Gasteiger partial charge in [0.15, 0.2) is 0 Å². The SMILES string of the molecule is Nc1cc(C2=CC=CCC2)cc(-c2cccc3ccccc23)c1. The van der Waals surface area contributed by atoms with Crippen LogP contribution in [0.4, 0.5) is 5.69 Å². The Bertz CT molecular complexity index is 926. The van der Waals surface area contributed by atoms with Crippen molar-refractivity contribution in [3.8, 4) is 11.1 Å². The smallest absolute Gasteiger partial charge is 0.0326 e. The van der Waals surface area contributed by atoms with Gasteiger partial charge in [-0.2, -0.15) is 0 Å². The molecule has 4 rings (SSSR count). The van der Waals surface area contributed by atoms with Gasteiger partial charge in [0, 0.05) is 5.69 Å². The van der Waals surface area contributed by atoms with Crippen molar-refractivity contribution in [2.75, 3.05) is 5.73 Å². The van der Waals surface area contributed by atoms with Gasteiger partial charge in [-0.3, -0.25) is 0 Å². The fraction of sp³-hybridized carbons (Fsp3) is 0.0909. The first kappa shape index (κ1) is 13.8. The lowest BCUT2D eigenvalue weighted by Gasteiger charge is -2.14. The van der Waals surface area contributed by atoms with Crippen LogP contribution in [0.2, 0.25) is 0 Å². The summed E-state index contributed by atoms with van der Waals surface area (Å²) in [6.07, 6.45) is 8.73. The van der Waals surface area contributed by atoms with E-state index in [9.17, 15) is 0 Å². The molecule has 0 saturated heterocycles. The van der Waals surface area contributed by atoms with Crippen molar-refractivity contribution in [3.63, 3.8) is 0 Å². The molecule has 3 aromatic carbocycles. The quantitative estimate of drug-likeness (QED) is 0.592. The van der Waals surface area contributed by atoms with E-state index in [1.807, 2.05) is 0 Å². The predicted molar refractivity (Wildman–Crippen MR) is 100 cm³/mol. The average Bonchev–Trinajstić information content (AvgIpc) is 2.61. The molecule has 0 radical (unpaired) electrons. The van der Waals surface area contributed by atoms with E-state index in [-0.39, 0.29) is 0 Å². The van der Waals surface area contributed by atoms with E-state index in [2.05, 4.69) is 78.9 Å². The number of rotatable bonds is 2. The minimum atomic E-state index is 0.820. The van der Waals surface area contributed by atoms with E-state index in [0.717, 1.165) is 18.5 Å². The van der Waals surface area contributed by atoms with Crippen molar-refractivity contribution in [1.82, 2.24) is 0 Å². The molecule has 112 valence electrons. The van der Waals surface area contributed by atoms with Crippen LogP contribution in [0.3, 0.4) is 0 Å². The summed E-state index contributed by atoms with van der Waals surface area (Å²) in [4.78, 5) is 0. The Labute approximate surface area is 136 Å². The first-order chi connectivity index (χ1) is 11.3. The van der Waals surface area contributed by atoms with Gasteiger partial charge in [0.25, 0.3) is 0 Å². The maximum Gasteiger partial charge on any atom is 0.0326 e. The highest BCUT2D eigenvalue weighted by Crippen LogP contribution is 2.33. The van der Waals surface area contributed by atoms with E-state index in [0.29, 0.717) is 0 Å². The van der Waals surface area contributed by atoms with Crippen LogP contribution in [0.25, 0.3) is 27.5 Å². The van der Waals surface area contributed by atoms with Crippen molar-refractivity contribution in [3.05, 3.63) is 84.5 Å². The number of fused-ring (bicyclic) bond motifs is 1. The van der Waals surface area contributed by atoms with Crippen LogP contribution in [-0.4, -0.2) is 0 Å². The lowest BCUT2D eigenvalue weighted by molar-refractivity contribution is 1.05. The minimum Gasteiger partial charge on any atom is -0.399 e. The summed E-state index contributed by atoms with van der Waals surface area (Å²) >= 11 is 0. The van der Waals surface area contributed by atoms with Crippen molar-refractivity contribution in [2.24, 2.45) is 0 Å². The number of nitrogens with two attached hydrogens (primary N) is 1. The summed E-state index contributed by atoms with van der Waals surface area (Å²) in [5.74, 6) is 0. The van der Waals surface area contributed by atoms with E-state index in [1.165, 1.54) is 33.0 Å². The monoisotopic (exact) mass is 297 g/mol. The molecular weight excluding hydrogens is 278 g/mol. The van der Waals surface area contributed by atoms with Gasteiger partial charge in [-0.1, -0.05) is 60.7 Å². The highest BCUT2D eigenvalue weighted by molar-refractivity contribution is 5.97. The number of nitrogen functional groups attached to an aromatic ring is 1. The molecular formula is C22H19N. The summed E-state index contributed by atoms with van der Waals surface area (Å²) in [5.41, 5.74) is 12.0. The van der Waals surface area contributed by atoms with Crippen LogP contribution in [0, 0.1) is 0 Å². The Morgan fingerprint density at radius 1 is 0.826 bits per heavy atom. The van der Waals surface area contributed by atoms with Crippen molar-refractivity contribution >= 4 is 22.0 Å². The van der Waals surface area contributed by atoms with E-state index in [1.54, 1.807) is 0 Å². The summed E-state index contributed by atoms with van der Waals surface area (Å²) in [6, 6.07) is 21.4. The fourth-order valence-corrected chi connectivity index (χ4v) is 3.31. The Balaban J connectivity index is 1.90. The predicted octanol–water partition coefficient (Wildman–Crippen LogP) is 5.82. The zero-order valence-electron chi connectivity index (χ0n) is 13.0. The number of hydrogen-bond donors (Lipinski definition) is 1. The normalized spacial score (nSPS) is 14.0. The van der Waals surface area contributed by atoms with Crippen molar-refractivity contribution < 1.29 is 0 Å². The van der Waals surface area contributed by atoms with Crippen LogP contribution in [-0.2, 0) is 0 Å². The number of hydrogen-bond acceptors (Lipinski definition) is 1. The van der Waals surface area contributed by atoms with Gasteiger partial charge in [0.1, 0.15) is 0 Å². The molecule has 0 amide bonds. The van der Waals surface area contributed by atoms with Crippen LogP contribution < -0.4 is 5.73 Å². The molecule has 0 aliphatic heterocycles. The molecule has 3 aromatic rings. The van der Waals surface area contributed by atoms with Gasteiger partial charge in [-0.15, -0.1) is 0 Å². The molecule has 1 nitrogen and oxygen atoms in total. The molecule has 23 heavy (non-hydrogen) atoms. The summed E-state index contributed by atoms with van der Waals surface area (Å²) in [5, 5.41) is 2.53. The van der Waals surface area contributed by atoms with Gasteiger partial charge in [-0.05, 0) is 64.1 Å². The van der Waals surface area contributed by atoms with E-state index >= 15 is 0 Å². The lowest BCUT2D eigenvalue weighted by atomic mass is 9.92. The molecule has 0 unspecified atom stereocenters. The van der Waals surface area contributed by atoms with Gasteiger partial charge in [0.05, 0.1) is 0 Å². The zero-order valence-corrected chi connectivity index (χ0v) is 13.0. The highest BCUT2D eigenvalue weighted by Gasteiger charge is 2.09. The molecule has 0 bridgehead atoms. The van der Waals surface area contributed by atoms with Crippen LogP contribution >= 0.6 is 0 Å². The topological polar surface area (TPSA) is 26.0 Å². The van der Waals surface area contributed by atoms with Crippen LogP contribution in [0.1, 0.15) is 18.4 Å². The third kappa shape index (κ3) is 2.66. The summed E-state index contributed by atoms with van der Waals surface area (Å²) in [6.45, 7) is 0. The molecule has 0 fully saturated rings. The lowest BCUT2D eigenvalue weighted by Crippen LogP contribution is -1.93. The molecule has 1 heteroatoms. The second kappa shape index (κ2) is 5.77. The van der Waals surface area contributed by atoms with Crippen LogP contribution in [0.5, 0.6) is 0 Å². The van der Waals surface area contributed by atoms with Gasteiger partial charge in [0.2, 0.25) is 0 Å². The molecule has 0 spiro atoms. The minimum absolute atomic E-state index is 0.820. The third-order valence-corrected chi connectivity index (χ3v) is 4.44. The van der Waals surface area contributed by atoms with Crippen LogP contribution in [0.15, 0.2) is 78.9 Å². The first-order valence-corrected chi connectivity index (χ1v) is 8.06. The second-order valence-corrected chi connectivity index (χ2v) is 6.03.